The van der Waals surface area contributed by atoms with Crippen molar-refractivity contribution >= 4 is 16.8 Å². The number of para-hydroxylation sites is 1. The van der Waals surface area contributed by atoms with Crippen LogP contribution in [0.25, 0.3) is 11.0 Å². The second-order valence-electron chi connectivity index (χ2n) is 4.47. The quantitative estimate of drug-likeness (QED) is 0.748. The zero-order chi connectivity index (χ0) is 13.8. The normalized spacial score (nSPS) is 11.4. The molecule has 0 saturated heterocycles. The van der Waals surface area contributed by atoms with Crippen LogP contribution in [0.3, 0.4) is 0 Å². The number of halogens is 1. The Morgan fingerprint density at radius 1 is 1.32 bits per heavy atom. The molecule has 19 heavy (non-hydrogen) atoms. The second-order valence-corrected chi connectivity index (χ2v) is 4.47. The molecule has 0 amide bonds. The van der Waals surface area contributed by atoms with Crippen molar-refractivity contribution in [2.75, 3.05) is 19.6 Å². The Hall–Kier alpha value is -1.68. The van der Waals surface area contributed by atoms with Gasteiger partial charge in [-0.25, -0.2) is 4.39 Å². The highest BCUT2D eigenvalue weighted by molar-refractivity contribution is 5.97. The summed E-state index contributed by atoms with van der Waals surface area (Å²) in [5.41, 5.74) is 0.161. The van der Waals surface area contributed by atoms with Crippen LogP contribution in [0, 0.1) is 5.82 Å². The molecule has 0 unspecified atom stereocenters. The van der Waals surface area contributed by atoms with Crippen LogP contribution in [0.4, 0.5) is 4.39 Å². The summed E-state index contributed by atoms with van der Waals surface area (Å²) < 4.78 is 18.8. The van der Waals surface area contributed by atoms with Crippen LogP contribution in [0.2, 0.25) is 0 Å². The summed E-state index contributed by atoms with van der Waals surface area (Å²) in [7, 11) is 0. The van der Waals surface area contributed by atoms with Crippen LogP contribution in [0.15, 0.2) is 28.7 Å². The third-order valence-corrected chi connectivity index (χ3v) is 3.32. The SMILES string of the molecule is CCN(CC)CCC(=O)c1cc2cccc(F)c2o1. The largest absolute Gasteiger partial charge is 0.450 e. The Balaban J connectivity index is 2.11. The molecule has 0 atom stereocenters. The molecule has 2 aromatic rings. The van der Waals surface area contributed by atoms with Gasteiger partial charge in [0, 0.05) is 18.4 Å². The number of benzene rings is 1. The topological polar surface area (TPSA) is 33.5 Å². The molecule has 0 aliphatic rings. The van der Waals surface area contributed by atoms with Crippen molar-refractivity contribution in [3.63, 3.8) is 0 Å². The van der Waals surface area contributed by atoms with Gasteiger partial charge in [-0.05, 0) is 25.2 Å². The van der Waals surface area contributed by atoms with Crippen molar-refractivity contribution in [1.82, 2.24) is 4.90 Å². The van der Waals surface area contributed by atoms with E-state index in [-0.39, 0.29) is 17.1 Å². The minimum atomic E-state index is -0.430. The van der Waals surface area contributed by atoms with Crippen LogP contribution < -0.4 is 0 Å². The van der Waals surface area contributed by atoms with E-state index in [1.54, 1.807) is 18.2 Å². The van der Waals surface area contributed by atoms with Gasteiger partial charge in [-0.3, -0.25) is 4.79 Å². The van der Waals surface area contributed by atoms with Gasteiger partial charge in [0.25, 0.3) is 0 Å². The molecule has 1 aromatic carbocycles. The Bertz CT molecular complexity index is 573. The van der Waals surface area contributed by atoms with Crippen LogP contribution in [0.5, 0.6) is 0 Å². The zero-order valence-corrected chi connectivity index (χ0v) is 11.3. The molecular weight excluding hydrogens is 245 g/mol. The molecule has 102 valence electrons. The maximum absolute atomic E-state index is 13.5. The van der Waals surface area contributed by atoms with E-state index in [0.29, 0.717) is 18.4 Å². The van der Waals surface area contributed by atoms with E-state index >= 15 is 0 Å². The Morgan fingerprint density at radius 3 is 2.68 bits per heavy atom. The summed E-state index contributed by atoms with van der Waals surface area (Å²) in [6, 6.07) is 6.29. The van der Waals surface area contributed by atoms with Gasteiger partial charge in [-0.15, -0.1) is 0 Å². The number of carbonyl (C=O) groups excluding carboxylic acids is 1. The fourth-order valence-electron chi connectivity index (χ4n) is 2.09. The van der Waals surface area contributed by atoms with E-state index in [1.165, 1.54) is 6.07 Å². The molecule has 3 nitrogen and oxygen atoms in total. The van der Waals surface area contributed by atoms with Crippen molar-refractivity contribution < 1.29 is 13.6 Å². The highest BCUT2D eigenvalue weighted by atomic mass is 19.1. The maximum Gasteiger partial charge on any atom is 0.199 e. The molecule has 0 bridgehead atoms. The van der Waals surface area contributed by atoms with E-state index in [0.717, 1.165) is 13.1 Å². The lowest BCUT2D eigenvalue weighted by Crippen LogP contribution is -2.25. The summed E-state index contributed by atoms with van der Waals surface area (Å²) >= 11 is 0. The number of fused-ring (bicyclic) bond motifs is 1. The first kappa shape index (κ1) is 13.7. The number of nitrogens with zero attached hydrogens (tertiary/aromatic N) is 1. The van der Waals surface area contributed by atoms with Crippen LogP contribution >= 0.6 is 0 Å². The lowest BCUT2D eigenvalue weighted by molar-refractivity contribution is 0.0941. The van der Waals surface area contributed by atoms with E-state index < -0.39 is 5.82 Å². The molecule has 0 N–H and O–H groups in total. The molecule has 1 aromatic heterocycles. The predicted molar refractivity (Wildman–Crippen MR) is 72.9 cm³/mol. The summed E-state index contributed by atoms with van der Waals surface area (Å²) in [5.74, 6) is -0.268. The van der Waals surface area contributed by atoms with E-state index in [1.807, 2.05) is 0 Å². The highest BCUT2D eigenvalue weighted by Gasteiger charge is 2.15. The van der Waals surface area contributed by atoms with Gasteiger partial charge in [0.15, 0.2) is 22.9 Å². The monoisotopic (exact) mass is 263 g/mol. The molecule has 4 heteroatoms. The molecular formula is C15H18FNO2. The second kappa shape index (κ2) is 5.97. The van der Waals surface area contributed by atoms with Crippen LogP contribution in [-0.4, -0.2) is 30.3 Å². The lowest BCUT2D eigenvalue weighted by atomic mass is 10.2. The first-order valence-electron chi connectivity index (χ1n) is 6.59. The molecule has 0 aliphatic heterocycles. The predicted octanol–water partition coefficient (Wildman–Crippen LogP) is 3.49. The van der Waals surface area contributed by atoms with E-state index in [2.05, 4.69) is 18.7 Å². The zero-order valence-electron chi connectivity index (χ0n) is 11.3. The molecule has 0 aliphatic carbocycles. The molecule has 2 rings (SSSR count). The minimum Gasteiger partial charge on any atom is -0.450 e. The summed E-state index contributed by atoms with van der Waals surface area (Å²) in [6.07, 6.45) is 0.392. The summed E-state index contributed by atoms with van der Waals surface area (Å²) in [6.45, 7) is 6.65. The van der Waals surface area contributed by atoms with Gasteiger partial charge < -0.3 is 9.32 Å². The summed E-state index contributed by atoms with van der Waals surface area (Å²) in [4.78, 5) is 14.2. The van der Waals surface area contributed by atoms with Crippen LogP contribution in [0.1, 0.15) is 30.8 Å². The molecule has 0 spiro atoms. The lowest BCUT2D eigenvalue weighted by Gasteiger charge is -2.16. The van der Waals surface area contributed by atoms with Gasteiger partial charge in [0.2, 0.25) is 0 Å². The highest BCUT2D eigenvalue weighted by Crippen LogP contribution is 2.22. The molecule has 0 fully saturated rings. The maximum atomic E-state index is 13.5. The van der Waals surface area contributed by atoms with Crippen molar-refractivity contribution in [3.05, 3.63) is 35.8 Å². The Morgan fingerprint density at radius 2 is 2.05 bits per heavy atom. The van der Waals surface area contributed by atoms with Gasteiger partial charge >= 0.3 is 0 Å². The Labute approximate surface area is 112 Å². The van der Waals surface area contributed by atoms with Crippen LogP contribution in [-0.2, 0) is 0 Å². The van der Waals surface area contributed by atoms with Gasteiger partial charge in [0.05, 0.1) is 0 Å². The van der Waals surface area contributed by atoms with Crippen molar-refractivity contribution in [1.29, 1.82) is 0 Å². The number of hydrogen-bond donors (Lipinski definition) is 0. The number of carbonyl (C=O) groups is 1. The number of rotatable bonds is 6. The summed E-state index contributed by atoms with van der Waals surface area (Å²) in [5, 5.41) is 0.631. The number of hydrogen-bond acceptors (Lipinski definition) is 3. The first-order chi connectivity index (χ1) is 9.15. The van der Waals surface area contributed by atoms with E-state index in [4.69, 9.17) is 4.42 Å². The third-order valence-electron chi connectivity index (χ3n) is 3.32. The van der Waals surface area contributed by atoms with Gasteiger partial charge in [0.1, 0.15) is 0 Å². The van der Waals surface area contributed by atoms with Gasteiger partial charge in [-0.1, -0.05) is 26.0 Å². The van der Waals surface area contributed by atoms with Gasteiger partial charge in [-0.2, -0.15) is 0 Å². The third kappa shape index (κ3) is 3.01. The fraction of sp³-hybridized carbons (Fsp3) is 0.400. The van der Waals surface area contributed by atoms with Crippen molar-refractivity contribution in [3.8, 4) is 0 Å². The average Bonchev–Trinajstić information content (AvgIpc) is 2.85. The minimum absolute atomic E-state index is 0.0810. The smallest absolute Gasteiger partial charge is 0.199 e. The van der Waals surface area contributed by atoms with Crippen molar-refractivity contribution in [2.45, 2.75) is 20.3 Å². The fourth-order valence-corrected chi connectivity index (χ4v) is 2.09. The number of furan rings is 1. The number of ketones is 1. The van der Waals surface area contributed by atoms with E-state index in [9.17, 15) is 9.18 Å². The average molecular weight is 263 g/mol. The first-order valence-corrected chi connectivity index (χ1v) is 6.59. The Kier molecular flexibility index (Phi) is 4.32. The molecule has 0 saturated carbocycles. The molecule has 1 heterocycles. The standard InChI is InChI=1S/C15H18FNO2/c1-3-17(4-2)9-8-13(18)14-10-11-6-5-7-12(16)15(11)19-14/h5-7,10H,3-4,8-9H2,1-2H3. The molecule has 0 radical (unpaired) electrons. The van der Waals surface area contributed by atoms with Crippen molar-refractivity contribution in [2.24, 2.45) is 0 Å². The number of Topliss-reactive ketones (excluding diaryl/α,β-unsaturated/α-hetero) is 1.